The van der Waals surface area contributed by atoms with Gasteiger partial charge < -0.3 is 0 Å². The van der Waals surface area contributed by atoms with E-state index in [-0.39, 0.29) is 11.8 Å². The lowest BCUT2D eigenvalue weighted by Gasteiger charge is -2.35. The first-order valence-corrected chi connectivity index (χ1v) is 9.71. The van der Waals surface area contributed by atoms with Gasteiger partial charge in [0.05, 0.1) is 5.92 Å². The minimum Gasteiger partial charge on any atom is -0.298 e. The first-order chi connectivity index (χ1) is 12.0. The highest BCUT2D eigenvalue weighted by Gasteiger charge is 2.51. The first-order valence-electron chi connectivity index (χ1n) is 9.71. The molecule has 134 valence electrons. The molecule has 0 bridgehead atoms. The number of benzene rings is 1. The van der Waals surface area contributed by atoms with Gasteiger partial charge in [0.25, 0.3) is 0 Å². The van der Waals surface area contributed by atoms with Crippen LogP contribution in [-0.2, 0) is 4.79 Å². The van der Waals surface area contributed by atoms with E-state index in [2.05, 4.69) is 51.3 Å². The summed E-state index contributed by atoms with van der Waals surface area (Å²) in [5, 5.41) is 0. The van der Waals surface area contributed by atoms with Gasteiger partial charge in [-0.15, -0.1) is 5.92 Å². The number of carbonyl (C=O) groups is 1. The van der Waals surface area contributed by atoms with Crippen LogP contribution in [0.5, 0.6) is 0 Å². The predicted molar refractivity (Wildman–Crippen MR) is 107 cm³/mol. The lowest BCUT2D eigenvalue weighted by Crippen LogP contribution is -2.32. The van der Waals surface area contributed by atoms with Gasteiger partial charge in [0.2, 0.25) is 0 Å². The molecular weight excluding hydrogens is 304 g/mol. The minimum absolute atomic E-state index is 0.114. The van der Waals surface area contributed by atoms with Gasteiger partial charge in [0, 0.05) is 11.5 Å². The molecule has 1 aromatic rings. The van der Waals surface area contributed by atoms with Gasteiger partial charge in [-0.25, -0.2) is 0 Å². The molecule has 0 radical (unpaired) electrons. The fourth-order valence-electron chi connectivity index (χ4n) is 4.79. The van der Waals surface area contributed by atoms with Crippen molar-refractivity contribution in [3.8, 4) is 11.8 Å². The third-order valence-corrected chi connectivity index (χ3v) is 5.95. The molecule has 2 aliphatic carbocycles. The zero-order chi connectivity index (χ0) is 18.7. The average Bonchev–Trinajstić information content (AvgIpc) is 2.86. The van der Waals surface area contributed by atoms with Gasteiger partial charge in [-0.05, 0) is 67.7 Å². The van der Waals surface area contributed by atoms with Crippen LogP contribution in [0.25, 0.3) is 0 Å². The molecule has 0 heterocycles. The summed E-state index contributed by atoms with van der Waals surface area (Å²) in [5.41, 5.74) is 4.46. The summed E-state index contributed by atoms with van der Waals surface area (Å²) < 4.78 is 0. The number of hydrogen-bond acceptors (Lipinski definition) is 1. The van der Waals surface area contributed by atoms with Crippen molar-refractivity contribution in [2.75, 3.05) is 0 Å². The molecule has 1 aromatic carbocycles. The van der Waals surface area contributed by atoms with E-state index in [0.717, 1.165) is 28.7 Å². The Bertz CT molecular complexity index is 687. The summed E-state index contributed by atoms with van der Waals surface area (Å²) in [5.74, 6) is 7.91. The summed E-state index contributed by atoms with van der Waals surface area (Å²) in [6.07, 6.45) is 2.38. The molecule has 25 heavy (non-hydrogen) atoms. The second-order valence-corrected chi connectivity index (χ2v) is 7.44. The van der Waals surface area contributed by atoms with Crippen molar-refractivity contribution in [2.24, 2.45) is 23.7 Å². The number of allylic oxidation sites excluding steroid dienone is 1. The molecule has 5 atom stereocenters. The molecule has 0 aliphatic heterocycles. The van der Waals surface area contributed by atoms with Gasteiger partial charge in [0.1, 0.15) is 5.78 Å². The normalized spacial score (nSPS) is 30.7. The molecule has 3 unspecified atom stereocenters. The number of carbonyl (C=O) groups excluding carboxylic acids is 1. The van der Waals surface area contributed by atoms with Crippen LogP contribution in [0.15, 0.2) is 30.4 Å². The van der Waals surface area contributed by atoms with E-state index in [0.29, 0.717) is 23.5 Å². The Hall–Kier alpha value is -1.81. The lowest BCUT2D eigenvalue weighted by atomic mass is 9.68. The first kappa shape index (κ1) is 19.5. The summed E-state index contributed by atoms with van der Waals surface area (Å²) >= 11 is 0. The second kappa shape index (κ2) is 8.05. The van der Waals surface area contributed by atoms with Crippen molar-refractivity contribution >= 4 is 5.78 Å². The molecule has 0 saturated heterocycles. The molecule has 0 amide bonds. The maximum Gasteiger partial charge on any atom is 0.148 e. The number of ketones is 1. The molecule has 0 N–H and O–H groups in total. The number of Topliss-reactive ketones (excluding diaryl/α,β-unsaturated/α-hetero) is 1. The van der Waals surface area contributed by atoms with Crippen LogP contribution in [0.3, 0.4) is 0 Å². The Balaban J connectivity index is 0.00000109. The molecule has 2 saturated carbocycles. The maximum atomic E-state index is 13.2. The van der Waals surface area contributed by atoms with Crippen molar-refractivity contribution in [1.29, 1.82) is 0 Å². The molecule has 0 spiro atoms. The second-order valence-electron chi connectivity index (χ2n) is 7.44. The van der Waals surface area contributed by atoms with E-state index >= 15 is 0 Å². The summed E-state index contributed by atoms with van der Waals surface area (Å²) in [6.45, 7) is 16.8. The summed E-state index contributed by atoms with van der Waals surface area (Å²) in [7, 11) is 0. The van der Waals surface area contributed by atoms with Crippen LogP contribution in [0, 0.1) is 42.4 Å². The Morgan fingerprint density at radius 3 is 2.20 bits per heavy atom. The van der Waals surface area contributed by atoms with Crippen molar-refractivity contribution in [1.82, 2.24) is 0 Å². The Morgan fingerprint density at radius 1 is 1.08 bits per heavy atom. The fourth-order valence-corrected chi connectivity index (χ4v) is 4.79. The Kier molecular flexibility index (Phi) is 6.28. The van der Waals surface area contributed by atoms with Gasteiger partial charge in [-0.2, -0.15) is 0 Å². The highest BCUT2D eigenvalue weighted by molar-refractivity contribution is 5.95. The molecule has 2 fully saturated rings. The average molecular weight is 337 g/mol. The minimum atomic E-state index is -0.114. The third-order valence-electron chi connectivity index (χ3n) is 5.95. The number of aryl methyl sites for hydroxylation is 1. The highest BCUT2D eigenvalue weighted by atomic mass is 16.1. The predicted octanol–water partition coefficient (Wildman–Crippen LogP) is 5.91. The molecule has 1 heteroatoms. The topological polar surface area (TPSA) is 17.1 Å². The van der Waals surface area contributed by atoms with E-state index in [1.165, 1.54) is 6.42 Å². The van der Waals surface area contributed by atoms with E-state index in [4.69, 9.17) is 0 Å². The van der Waals surface area contributed by atoms with Crippen LogP contribution in [0.2, 0.25) is 0 Å². The van der Waals surface area contributed by atoms with Crippen LogP contribution >= 0.6 is 0 Å². The molecule has 1 nitrogen and oxygen atoms in total. The molecule has 2 aliphatic rings. The van der Waals surface area contributed by atoms with Crippen LogP contribution in [0.4, 0.5) is 0 Å². The van der Waals surface area contributed by atoms with E-state index in [1.807, 2.05) is 26.8 Å². The van der Waals surface area contributed by atoms with Crippen LogP contribution in [-0.4, -0.2) is 5.78 Å². The van der Waals surface area contributed by atoms with E-state index in [1.54, 1.807) is 0 Å². The quantitative estimate of drug-likeness (QED) is 0.460. The monoisotopic (exact) mass is 336 g/mol. The lowest BCUT2D eigenvalue weighted by molar-refractivity contribution is -0.125. The van der Waals surface area contributed by atoms with Gasteiger partial charge in [-0.1, -0.05) is 51.8 Å². The van der Waals surface area contributed by atoms with Crippen molar-refractivity contribution in [3.63, 3.8) is 0 Å². The number of hydrogen-bond donors (Lipinski definition) is 0. The van der Waals surface area contributed by atoms with Gasteiger partial charge >= 0.3 is 0 Å². The summed E-state index contributed by atoms with van der Waals surface area (Å²) in [4.78, 5) is 13.2. The zero-order valence-corrected chi connectivity index (χ0v) is 16.6. The van der Waals surface area contributed by atoms with Crippen molar-refractivity contribution < 1.29 is 4.79 Å². The Morgan fingerprint density at radius 2 is 1.68 bits per heavy atom. The zero-order valence-electron chi connectivity index (χ0n) is 16.6. The number of fused-ring (bicyclic) bond motifs is 1. The summed E-state index contributed by atoms with van der Waals surface area (Å²) in [6, 6.07) is 6.23. The Labute approximate surface area is 153 Å². The van der Waals surface area contributed by atoms with Crippen LogP contribution < -0.4 is 0 Å². The maximum absolute atomic E-state index is 13.2. The largest absolute Gasteiger partial charge is 0.298 e. The molecule has 3 rings (SSSR count). The van der Waals surface area contributed by atoms with Crippen LogP contribution in [0.1, 0.15) is 70.1 Å². The molecular formula is C24H32O. The standard InChI is InChI=1S/C22H26O.C2H6/c1-6-7-17-10-11-18(15(4)12-17)21-16(5)19-13(2)8-9-14(3)20(19)22(21)23;1-2/h10-14,19-21H,5,8-9H2,1-4H3;1-2H3/t13?,14?,19-,20-,21?;/m0./s1. The molecule has 0 aromatic heterocycles. The van der Waals surface area contributed by atoms with Crippen molar-refractivity contribution in [3.05, 3.63) is 47.0 Å². The van der Waals surface area contributed by atoms with E-state index in [9.17, 15) is 4.79 Å². The SMILES string of the molecule is C=C1C(c2ccc(C#CC)cc2C)C(=O)[C@H]2C(C)CCC(C)[C@@H]12.CC. The van der Waals surface area contributed by atoms with E-state index < -0.39 is 0 Å². The fraction of sp³-hybridized carbons (Fsp3) is 0.542. The van der Waals surface area contributed by atoms with Gasteiger partial charge in [-0.3, -0.25) is 4.79 Å². The van der Waals surface area contributed by atoms with Gasteiger partial charge in [0.15, 0.2) is 0 Å². The highest BCUT2D eigenvalue weighted by Crippen LogP contribution is 2.54. The smallest absolute Gasteiger partial charge is 0.148 e. The number of rotatable bonds is 1. The third kappa shape index (κ3) is 3.45. The van der Waals surface area contributed by atoms with Crippen molar-refractivity contribution in [2.45, 2.75) is 60.3 Å².